The maximum absolute atomic E-state index is 14.0. The van der Waals surface area contributed by atoms with Crippen molar-refractivity contribution in [2.75, 3.05) is 17.2 Å². The van der Waals surface area contributed by atoms with Crippen LogP contribution in [0.25, 0.3) is 0 Å². The van der Waals surface area contributed by atoms with Crippen LogP contribution in [0, 0.1) is 5.82 Å². The molecule has 0 saturated heterocycles. The van der Waals surface area contributed by atoms with E-state index in [1.54, 1.807) is 36.4 Å². The molecule has 4 aromatic rings. The molecule has 36 heavy (non-hydrogen) atoms. The molecule has 0 bridgehead atoms. The van der Waals surface area contributed by atoms with Gasteiger partial charge in [-0.2, -0.15) is 0 Å². The van der Waals surface area contributed by atoms with E-state index in [0.717, 1.165) is 16.2 Å². The normalized spacial score (nSPS) is 11.4. The second kappa shape index (κ2) is 12.0. The Labute approximate surface area is 213 Å². The molecule has 5 nitrogen and oxygen atoms in total. The van der Waals surface area contributed by atoms with Crippen LogP contribution >= 0.6 is 11.8 Å². The van der Waals surface area contributed by atoms with E-state index in [2.05, 4.69) is 10.6 Å². The van der Waals surface area contributed by atoms with Crippen LogP contribution in [0.3, 0.4) is 0 Å². The molecule has 0 saturated carbocycles. The Morgan fingerprint density at radius 2 is 1.56 bits per heavy atom. The van der Waals surface area contributed by atoms with Crippen molar-refractivity contribution in [3.05, 3.63) is 120 Å². The third-order valence-electron chi connectivity index (χ3n) is 5.24. The number of carbonyl (C=O) groups excluding carboxylic acids is 2. The van der Waals surface area contributed by atoms with Crippen LogP contribution in [0.2, 0.25) is 0 Å². The van der Waals surface area contributed by atoms with E-state index in [9.17, 15) is 14.0 Å². The number of ether oxygens (including phenoxy) is 1. The van der Waals surface area contributed by atoms with E-state index in [1.165, 1.54) is 30.0 Å². The minimum Gasteiger partial charge on any atom is -0.494 e. The second-order valence-electron chi connectivity index (χ2n) is 7.82. The van der Waals surface area contributed by atoms with E-state index >= 15 is 0 Å². The quantitative estimate of drug-likeness (QED) is 0.244. The van der Waals surface area contributed by atoms with Crippen molar-refractivity contribution in [3.63, 3.8) is 0 Å². The highest BCUT2D eigenvalue weighted by Gasteiger charge is 2.22. The van der Waals surface area contributed by atoms with Crippen LogP contribution in [0.4, 0.5) is 15.8 Å². The number of carbonyl (C=O) groups is 2. The summed E-state index contributed by atoms with van der Waals surface area (Å²) in [6.07, 6.45) is 0. The topological polar surface area (TPSA) is 67.4 Å². The van der Waals surface area contributed by atoms with Crippen LogP contribution in [-0.4, -0.2) is 18.4 Å². The summed E-state index contributed by atoms with van der Waals surface area (Å²) >= 11 is 1.36. The van der Waals surface area contributed by atoms with Crippen LogP contribution < -0.4 is 15.4 Å². The van der Waals surface area contributed by atoms with Gasteiger partial charge in [0.2, 0.25) is 5.91 Å². The van der Waals surface area contributed by atoms with Gasteiger partial charge in [0.15, 0.2) is 0 Å². The highest BCUT2D eigenvalue weighted by molar-refractivity contribution is 8.00. The fraction of sp³-hybridized carbons (Fsp3) is 0.103. The molecule has 0 radical (unpaired) electrons. The lowest BCUT2D eigenvalue weighted by atomic mass is 10.1. The van der Waals surface area contributed by atoms with Gasteiger partial charge >= 0.3 is 0 Å². The van der Waals surface area contributed by atoms with Crippen molar-refractivity contribution in [2.24, 2.45) is 0 Å². The average molecular weight is 501 g/mol. The van der Waals surface area contributed by atoms with Gasteiger partial charge in [-0.3, -0.25) is 9.59 Å². The molecule has 4 rings (SSSR count). The van der Waals surface area contributed by atoms with Gasteiger partial charge in [0.25, 0.3) is 5.91 Å². The first-order chi connectivity index (χ1) is 17.5. The van der Waals surface area contributed by atoms with E-state index < -0.39 is 17.0 Å². The van der Waals surface area contributed by atoms with Gasteiger partial charge in [-0.15, -0.1) is 11.8 Å². The molecule has 0 aliphatic heterocycles. The van der Waals surface area contributed by atoms with Gasteiger partial charge in [-0.25, -0.2) is 4.39 Å². The number of hydrogen-bond donors (Lipinski definition) is 2. The van der Waals surface area contributed by atoms with Crippen LogP contribution in [0.1, 0.15) is 28.1 Å². The van der Waals surface area contributed by atoms with Crippen molar-refractivity contribution in [2.45, 2.75) is 17.1 Å². The molecule has 182 valence electrons. The molecule has 0 heterocycles. The van der Waals surface area contributed by atoms with Gasteiger partial charge < -0.3 is 15.4 Å². The highest BCUT2D eigenvalue weighted by Crippen LogP contribution is 2.37. The van der Waals surface area contributed by atoms with E-state index in [1.807, 2.05) is 55.5 Å². The second-order valence-corrected chi connectivity index (χ2v) is 9.00. The smallest absolute Gasteiger partial charge is 0.258 e. The molecule has 1 atom stereocenters. The first-order valence-corrected chi connectivity index (χ1v) is 12.3. The summed E-state index contributed by atoms with van der Waals surface area (Å²) < 4.78 is 19.5. The van der Waals surface area contributed by atoms with E-state index in [0.29, 0.717) is 18.0 Å². The third kappa shape index (κ3) is 6.52. The Hall–Kier alpha value is -4.10. The first kappa shape index (κ1) is 25.0. The lowest BCUT2D eigenvalue weighted by Crippen LogP contribution is -2.19. The van der Waals surface area contributed by atoms with E-state index in [-0.39, 0.29) is 11.5 Å². The molecule has 1 unspecified atom stereocenters. The number of nitrogens with one attached hydrogen (secondary N) is 2. The molecule has 4 aromatic carbocycles. The van der Waals surface area contributed by atoms with Crippen LogP contribution in [-0.2, 0) is 4.79 Å². The first-order valence-electron chi connectivity index (χ1n) is 11.4. The molecule has 0 aliphatic rings. The molecule has 7 heteroatoms. The molecular weight excluding hydrogens is 475 g/mol. The number of halogens is 1. The Morgan fingerprint density at radius 3 is 2.28 bits per heavy atom. The third-order valence-corrected chi connectivity index (χ3v) is 6.49. The summed E-state index contributed by atoms with van der Waals surface area (Å²) in [5, 5.41) is 5.16. The van der Waals surface area contributed by atoms with Crippen molar-refractivity contribution < 1.29 is 18.7 Å². The number of anilines is 2. The summed E-state index contributed by atoms with van der Waals surface area (Å²) in [5.74, 6) is -0.575. The zero-order chi connectivity index (χ0) is 25.3. The maximum atomic E-state index is 14.0. The summed E-state index contributed by atoms with van der Waals surface area (Å²) in [5.41, 5.74) is 1.97. The van der Waals surface area contributed by atoms with Gasteiger partial charge in [-0.1, -0.05) is 48.5 Å². The molecule has 0 spiro atoms. The monoisotopic (exact) mass is 500 g/mol. The summed E-state index contributed by atoms with van der Waals surface area (Å²) in [6.45, 7) is 2.48. The van der Waals surface area contributed by atoms with Crippen molar-refractivity contribution >= 4 is 35.0 Å². The molecule has 0 aliphatic carbocycles. The maximum Gasteiger partial charge on any atom is 0.258 e. The number of benzene rings is 4. The summed E-state index contributed by atoms with van der Waals surface area (Å²) in [6, 6.07) is 29.7. The predicted molar refractivity (Wildman–Crippen MR) is 142 cm³/mol. The predicted octanol–water partition coefficient (Wildman–Crippen LogP) is 6.95. The zero-order valence-corrected chi connectivity index (χ0v) is 20.4. The zero-order valence-electron chi connectivity index (χ0n) is 19.6. The minimum absolute atomic E-state index is 0.0348. The molecule has 0 fully saturated rings. The number of amides is 2. The van der Waals surface area contributed by atoms with Crippen LogP contribution in [0.5, 0.6) is 5.75 Å². The number of hydrogen-bond acceptors (Lipinski definition) is 4. The summed E-state index contributed by atoms with van der Waals surface area (Å²) in [4.78, 5) is 26.6. The van der Waals surface area contributed by atoms with Crippen molar-refractivity contribution in [1.29, 1.82) is 0 Å². The van der Waals surface area contributed by atoms with E-state index in [4.69, 9.17) is 4.74 Å². The Bertz CT molecular complexity index is 1330. The number of rotatable bonds is 9. The minimum atomic E-state index is -0.587. The molecular formula is C29H25FN2O3S. The average Bonchev–Trinajstić information content (AvgIpc) is 2.89. The Kier molecular flexibility index (Phi) is 8.36. The molecule has 0 aromatic heterocycles. The van der Waals surface area contributed by atoms with Gasteiger partial charge in [0, 0.05) is 16.3 Å². The Morgan fingerprint density at radius 1 is 0.833 bits per heavy atom. The Balaban J connectivity index is 1.52. The SMILES string of the molecule is CCOc1ccc(NC(=O)C(Sc2cccc(NC(=O)c3ccccc3F)c2)c2ccccc2)cc1. The lowest BCUT2D eigenvalue weighted by molar-refractivity contribution is -0.115. The highest BCUT2D eigenvalue weighted by atomic mass is 32.2. The van der Waals surface area contributed by atoms with Crippen molar-refractivity contribution in [3.8, 4) is 5.75 Å². The summed E-state index contributed by atoms with van der Waals surface area (Å²) in [7, 11) is 0. The fourth-order valence-corrected chi connectivity index (χ4v) is 4.62. The largest absolute Gasteiger partial charge is 0.494 e. The fourth-order valence-electron chi connectivity index (χ4n) is 3.54. The van der Waals surface area contributed by atoms with Crippen LogP contribution in [0.15, 0.2) is 108 Å². The van der Waals surface area contributed by atoms with Crippen molar-refractivity contribution in [1.82, 2.24) is 0 Å². The molecule has 2 N–H and O–H groups in total. The standard InChI is InChI=1S/C29H25FN2O3S/c1-2-35-23-17-15-21(16-18-23)31-29(34)27(20-9-4-3-5-10-20)36-24-12-8-11-22(19-24)32-28(33)25-13-6-7-14-26(25)30/h3-19,27H,2H2,1H3,(H,31,34)(H,32,33). The van der Waals surface area contributed by atoms with Gasteiger partial charge in [0.1, 0.15) is 16.8 Å². The van der Waals surface area contributed by atoms with Gasteiger partial charge in [-0.05, 0) is 67.1 Å². The lowest BCUT2D eigenvalue weighted by Gasteiger charge is -2.18. The number of thioether (sulfide) groups is 1. The van der Waals surface area contributed by atoms with Gasteiger partial charge in [0.05, 0.1) is 12.2 Å². The molecule has 2 amide bonds.